The van der Waals surface area contributed by atoms with Gasteiger partial charge in [-0.15, -0.1) is 0 Å². The molecule has 1 nitrogen and oxygen atoms in total. The average Bonchev–Trinajstić information content (AvgIpc) is 2.47. The first kappa shape index (κ1) is 20.0. The smallest absolute Gasteiger partial charge is 0.00189 e. The van der Waals surface area contributed by atoms with E-state index in [0.717, 1.165) is 0 Å². The van der Waals surface area contributed by atoms with Gasteiger partial charge in [0.05, 0.1) is 0 Å². The Morgan fingerprint density at radius 3 is 1.15 bits per heavy atom. The summed E-state index contributed by atoms with van der Waals surface area (Å²) in [4.78, 5) is 2.66. The molecule has 0 heterocycles. The third kappa shape index (κ3) is 14.4. The highest BCUT2D eigenvalue weighted by atomic mass is 15.1. The summed E-state index contributed by atoms with van der Waals surface area (Å²) in [5.41, 5.74) is 0. The van der Waals surface area contributed by atoms with E-state index >= 15 is 0 Å². The van der Waals surface area contributed by atoms with Crippen LogP contribution < -0.4 is 0 Å². The van der Waals surface area contributed by atoms with Gasteiger partial charge in [0.15, 0.2) is 0 Å². The summed E-state index contributed by atoms with van der Waals surface area (Å²) in [7, 11) is 0. The molecule has 0 atom stereocenters. The van der Waals surface area contributed by atoms with Crippen LogP contribution in [0.3, 0.4) is 0 Å². The second-order valence-corrected chi connectivity index (χ2v) is 6.32. The molecule has 0 aromatic heterocycles. The fourth-order valence-electron chi connectivity index (χ4n) is 2.84. The predicted molar refractivity (Wildman–Crippen MR) is 93.5 cm³/mol. The van der Waals surface area contributed by atoms with Crippen LogP contribution >= 0.6 is 0 Å². The van der Waals surface area contributed by atoms with E-state index in [2.05, 4.69) is 25.7 Å². The number of rotatable bonds is 16. The van der Waals surface area contributed by atoms with Gasteiger partial charge in [-0.3, -0.25) is 0 Å². The van der Waals surface area contributed by atoms with Gasteiger partial charge in [0, 0.05) is 0 Å². The van der Waals surface area contributed by atoms with Gasteiger partial charge in [0.25, 0.3) is 0 Å². The van der Waals surface area contributed by atoms with Crippen molar-refractivity contribution >= 4 is 0 Å². The summed E-state index contributed by atoms with van der Waals surface area (Å²) in [6.45, 7) is 10.8. The first-order valence-electron chi connectivity index (χ1n) is 9.57. The van der Waals surface area contributed by atoms with E-state index in [1.807, 2.05) is 0 Å². The molecule has 0 N–H and O–H groups in total. The van der Waals surface area contributed by atoms with Crippen LogP contribution in [0.25, 0.3) is 0 Å². The fraction of sp³-hybridized carbons (Fsp3) is 1.00. The summed E-state index contributed by atoms with van der Waals surface area (Å²) >= 11 is 0. The van der Waals surface area contributed by atoms with Crippen molar-refractivity contribution in [3.63, 3.8) is 0 Å². The van der Waals surface area contributed by atoms with Crippen molar-refractivity contribution in [2.75, 3.05) is 19.6 Å². The van der Waals surface area contributed by atoms with E-state index < -0.39 is 0 Å². The third-order valence-electron chi connectivity index (χ3n) is 4.35. The molecule has 0 aliphatic heterocycles. The average molecular weight is 284 g/mol. The van der Waals surface area contributed by atoms with Crippen LogP contribution in [0.5, 0.6) is 0 Å². The van der Waals surface area contributed by atoms with Gasteiger partial charge in [0.2, 0.25) is 0 Å². The summed E-state index contributed by atoms with van der Waals surface area (Å²) in [6.07, 6.45) is 18.5. The van der Waals surface area contributed by atoms with E-state index in [1.165, 1.54) is 103 Å². The zero-order valence-electron chi connectivity index (χ0n) is 14.8. The molecule has 0 aromatic carbocycles. The maximum atomic E-state index is 2.66. The Bertz CT molecular complexity index is 167. The second kappa shape index (κ2) is 17.0. The lowest BCUT2D eigenvalue weighted by molar-refractivity contribution is 0.273. The monoisotopic (exact) mass is 283 g/mol. The lowest BCUT2D eigenvalue weighted by atomic mass is 10.1. The quantitative estimate of drug-likeness (QED) is 0.295. The molecule has 0 unspecified atom stereocenters. The molecule has 0 radical (unpaired) electrons. The molecule has 0 aliphatic carbocycles. The zero-order valence-corrected chi connectivity index (χ0v) is 14.8. The molecular formula is C19H41N. The van der Waals surface area contributed by atoms with E-state index in [9.17, 15) is 0 Å². The van der Waals surface area contributed by atoms with Crippen LogP contribution in [-0.2, 0) is 0 Å². The summed E-state index contributed by atoms with van der Waals surface area (Å²) in [5, 5.41) is 0. The molecule has 0 bridgehead atoms. The number of nitrogens with zero attached hydrogens (tertiary/aromatic N) is 1. The minimum atomic E-state index is 1.24. The molecule has 0 saturated carbocycles. The van der Waals surface area contributed by atoms with Gasteiger partial charge in [0.1, 0.15) is 0 Å². The van der Waals surface area contributed by atoms with Crippen LogP contribution in [0.2, 0.25) is 0 Å². The molecule has 0 aliphatic rings. The Hall–Kier alpha value is -0.0400. The van der Waals surface area contributed by atoms with Crippen LogP contribution in [0, 0.1) is 0 Å². The van der Waals surface area contributed by atoms with Gasteiger partial charge < -0.3 is 4.90 Å². The van der Waals surface area contributed by atoms with Crippen LogP contribution in [0.1, 0.15) is 104 Å². The molecule has 0 spiro atoms. The molecule has 0 amide bonds. The first-order valence-corrected chi connectivity index (χ1v) is 9.57. The lowest BCUT2D eigenvalue weighted by Crippen LogP contribution is -2.25. The minimum Gasteiger partial charge on any atom is -0.304 e. The summed E-state index contributed by atoms with van der Waals surface area (Å²) < 4.78 is 0. The van der Waals surface area contributed by atoms with E-state index in [1.54, 1.807) is 0 Å². The number of unbranched alkanes of at least 4 members (excludes halogenated alkanes) is 11. The maximum Gasteiger partial charge on any atom is -0.00189 e. The number of hydrogen-bond acceptors (Lipinski definition) is 1. The van der Waals surface area contributed by atoms with E-state index in [-0.39, 0.29) is 0 Å². The lowest BCUT2D eigenvalue weighted by Gasteiger charge is -2.20. The SMILES string of the molecule is CCCCCCCCCCN(CC)CCCCCCC. The minimum absolute atomic E-state index is 1.24. The predicted octanol–water partition coefficient (Wildman–Crippen LogP) is 6.42. The van der Waals surface area contributed by atoms with Crippen molar-refractivity contribution in [1.82, 2.24) is 4.90 Å². The second-order valence-electron chi connectivity index (χ2n) is 6.32. The largest absolute Gasteiger partial charge is 0.304 e. The molecule has 122 valence electrons. The highest BCUT2D eigenvalue weighted by molar-refractivity contribution is 4.57. The molecule has 1 heteroatoms. The standard InChI is InChI=1S/C19H41N/c1-4-7-9-11-12-13-15-17-19-20(6-3)18-16-14-10-8-5-2/h4-19H2,1-3H3. The van der Waals surface area contributed by atoms with Crippen LogP contribution in [-0.4, -0.2) is 24.5 Å². The first-order chi connectivity index (χ1) is 9.85. The molecule has 0 saturated heterocycles. The number of hydrogen-bond donors (Lipinski definition) is 0. The van der Waals surface area contributed by atoms with Crippen molar-refractivity contribution in [3.05, 3.63) is 0 Å². The molecule has 0 rings (SSSR count). The summed E-state index contributed by atoms with van der Waals surface area (Å²) in [6, 6.07) is 0. The Kier molecular flexibility index (Phi) is 17.0. The van der Waals surface area contributed by atoms with E-state index in [4.69, 9.17) is 0 Å². The topological polar surface area (TPSA) is 3.24 Å². The van der Waals surface area contributed by atoms with Gasteiger partial charge in [-0.2, -0.15) is 0 Å². The van der Waals surface area contributed by atoms with Crippen molar-refractivity contribution in [1.29, 1.82) is 0 Å². The highest BCUT2D eigenvalue weighted by Gasteiger charge is 2.01. The Balaban J connectivity index is 3.28. The van der Waals surface area contributed by atoms with Gasteiger partial charge in [-0.25, -0.2) is 0 Å². The van der Waals surface area contributed by atoms with Crippen molar-refractivity contribution in [2.45, 2.75) is 104 Å². The van der Waals surface area contributed by atoms with Crippen LogP contribution in [0.4, 0.5) is 0 Å². The van der Waals surface area contributed by atoms with Gasteiger partial charge in [-0.1, -0.05) is 91.4 Å². The zero-order chi connectivity index (χ0) is 14.9. The van der Waals surface area contributed by atoms with Crippen molar-refractivity contribution in [2.24, 2.45) is 0 Å². The highest BCUT2D eigenvalue weighted by Crippen LogP contribution is 2.09. The Labute approximate surface area is 129 Å². The van der Waals surface area contributed by atoms with Crippen molar-refractivity contribution < 1.29 is 0 Å². The fourth-order valence-corrected chi connectivity index (χ4v) is 2.84. The normalized spacial score (nSPS) is 11.4. The van der Waals surface area contributed by atoms with Gasteiger partial charge in [-0.05, 0) is 32.5 Å². The summed E-state index contributed by atoms with van der Waals surface area (Å²) in [5.74, 6) is 0. The van der Waals surface area contributed by atoms with Crippen molar-refractivity contribution in [3.8, 4) is 0 Å². The molecule has 0 aromatic rings. The molecule has 0 fully saturated rings. The van der Waals surface area contributed by atoms with E-state index in [0.29, 0.717) is 0 Å². The third-order valence-corrected chi connectivity index (χ3v) is 4.35. The van der Waals surface area contributed by atoms with Crippen LogP contribution in [0.15, 0.2) is 0 Å². The Morgan fingerprint density at radius 2 is 0.800 bits per heavy atom. The Morgan fingerprint density at radius 1 is 0.450 bits per heavy atom. The molecule has 20 heavy (non-hydrogen) atoms. The van der Waals surface area contributed by atoms with Gasteiger partial charge >= 0.3 is 0 Å². The maximum absolute atomic E-state index is 2.66. The molecular weight excluding hydrogens is 242 g/mol.